The van der Waals surface area contributed by atoms with Gasteiger partial charge >= 0.3 is 5.69 Å². The van der Waals surface area contributed by atoms with E-state index in [0.717, 1.165) is 26.1 Å². The molecule has 0 fully saturated rings. The Morgan fingerprint density at radius 1 is 1.75 bits per heavy atom. The van der Waals surface area contributed by atoms with E-state index in [4.69, 9.17) is 0 Å². The highest BCUT2D eigenvalue weighted by Crippen LogP contribution is 1.81. The van der Waals surface area contributed by atoms with Gasteiger partial charge in [0.05, 0.1) is 0 Å². The van der Waals surface area contributed by atoms with Crippen molar-refractivity contribution in [2.24, 2.45) is 0 Å². The summed E-state index contributed by atoms with van der Waals surface area (Å²) in [5.74, 6) is 0. The molecule has 0 aliphatic rings. The van der Waals surface area contributed by atoms with Gasteiger partial charge in [-0.3, -0.25) is 4.57 Å². The lowest BCUT2D eigenvalue weighted by molar-refractivity contribution is 0.581. The van der Waals surface area contributed by atoms with Crippen molar-refractivity contribution in [3.63, 3.8) is 0 Å². The Morgan fingerprint density at radius 3 is 3.17 bits per heavy atom. The number of H-pyrrole nitrogens is 1. The molecule has 68 valence electrons. The largest absolute Gasteiger partial charge is 0.343 e. The molecule has 0 amide bonds. The van der Waals surface area contributed by atoms with Gasteiger partial charge in [-0.15, -0.1) is 0 Å². The molecule has 5 nitrogen and oxygen atoms in total. The van der Waals surface area contributed by atoms with Crippen LogP contribution < -0.4 is 11.0 Å². The number of hydrogen-bond acceptors (Lipinski definition) is 3. The van der Waals surface area contributed by atoms with Crippen LogP contribution in [0, 0.1) is 0 Å². The fourth-order valence-corrected chi connectivity index (χ4v) is 0.981. The minimum absolute atomic E-state index is 0.133. The maximum atomic E-state index is 10.9. The topological polar surface area (TPSA) is 62.7 Å². The van der Waals surface area contributed by atoms with E-state index in [1.165, 1.54) is 6.33 Å². The molecule has 0 aliphatic carbocycles. The molecule has 0 aromatic carbocycles. The summed E-state index contributed by atoms with van der Waals surface area (Å²) < 4.78 is 1.57. The van der Waals surface area contributed by atoms with Crippen LogP contribution in [-0.4, -0.2) is 27.9 Å². The normalized spacial score (nSPS) is 10.4. The van der Waals surface area contributed by atoms with Crippen LogP contribution in [0.1, 0.15) is 13.3 Å². The number of aryl methyl sites for hydroxylation is 1. The number of rotatable bonds is 5. The monoisotopic (exact) mass is 170 g/mol. The molecule has 1 aromatic heterocycles. The molecule has 12 heavy (non-hydrogen) atoms. The maximum absolute atomic E-state index is 10.9. The summed E-state index contributed by atoms with van der Waals surface area (Å²) in [6, 6.07) is 0. The van der Waals surface area contributed by atoms with Gasteiger partial charge in [0, 0.05) is 6.54 Å². The molecule has 1 heterocycles. The lowest BCUT2D eigenvalue weighted by Gasteiger charge is -2.00. The summed E-state index contributed by atoms with van der Waals surface area (Å²) >= 11 is 0. The van der Waals surface area contributed by atoms with Gasteiger partial charge in [0.25, 0.3) is 0 Å². The Balaban J connectivity index is 2.24. The molecule has 0 saturated heterocycles. The van der Waals surface area contributed by atoms with Crippen molar-refractivity contribution in [2.75, 3.05) is 13.1 Å². The number of aromatic nitrogens is 3. The standard InChI is InChI=1S/C7H14N4O/c1-2-8-4-3-5-11-6-9-10-7(11)12/h6,8H,2-5H2,1H3,(H,10,12). The minimum Gasteiger partial charge on any atom is -0.317 e. The highest BCUT2D eigenvalue weighted by molar-refractivity contribution is 4.62. The van der Waals surface area contributed by atoms with Crippen LogP contribution in [0.2, 0.25) is 0 Å². The molecule has 0 atom stereocenters. The van der Waals surface area contributed by atoms with E-state index in [2.05, 4.69) is 22.4 Å². The van der Waals surface area contributed by atoms with E-state index < -0.39 is 0 Å². The first-order chi connectivity index (χ1) is 5.84. The average molecular weight is 170 g/mol. The van der Waals surface area contributed by atoms with Crippen LogP contribution >= 0.6 is 0 Å². The smallest absolute Gasteiger partial charge is 0.317 e. The average Bonchev–Trinajstić information content (AvgIpc) is 2.46. The summed E-state index contributed by atoms with van der Waals surface area (Å²) in [6.45, 7) is 4.70. The number of hydrogen-bond donors (Lipinski definition) is 2. The van der Waals surface area contributed by atoms with Crippen molar-refractivity contribution in [1.29, 1.82) is 0 Å². The molecule has 0 bridgehead atoms. The van der Waals surface area contributed by atoms with Gasteiger partial charge in [-0.25, -0.2) is 9.89 Å². The number of nitrogens with zero attached hydrogens (tertiary/aromatic N) is 2. The summed E-state index contributed by atoms with van der Waals surface area (Å²) in [4.78, 5) is 10.9. The van der Waals surface area contributed by atoms with Crippen LogP contribution in [-0.2, 0) is 6.54 Å². The fraction of sp³-hybridized carbons (Fsp3) is 0.714. The Morgan fingerprint density at radius 2 is 2.58 bits per heavy atom. The second-order valence-corrected chi connectivity index (χ2v) is 2.56. The van der Waals surface area contributed by atoms with Gasteiger partial charge in [-0.1, -0.05) is 6.92 Å². The summed E-state index contributed by atoms with van der Waals surface area (Å²) in [7, 11) is 0. The van der Waals surface area contributed by atoms with Crippen LogP contribution in [0.3, 0.4) is 0 Å². The third-order valence-corrected chi connectivity index (χ3v) is 1.62. The molecule has 0 aliphatic heterocycles. The predicted molar refractivity (Wildman–Crippen MR) is 46.0 cm³/mol. The molecule has 0 radical (unpaired) electrons. The van der Waals surface area contributed by atoms with E-state index in [1.54, 1.807) is 4.57 Å². The first-order valence-corrected chi connectivity index (χ1v) is 4.15. The van der Waals surface area contributed by atoms with Gasteiger partial charge in [0.1, 0.15) is 6.33 Å². The number of aromatic amines is 1. The molecule has 5 heteroatoms. The zero-order valence-electron chi connectivity index (χ0n) is 7.21. The lowest BCUT2D eigenvalue weighted by Crippen LogP contribution is -2.20. The Kier molecular flexibility index (Phi) is 3.53. The molecule has 2 N–H and O–H groups in total. The van der Waals surface area contributed by atoms with Crippen molar-refractivity contribution < 1.29 is 0 Å². The quantitative estimate of drug-likeness (QED) is 0.589. The summed E-state index contributed by atoms with van der Waals surface area (Å²) in [5.41, 5.74) is -0.133. The van der Waals surface area contributed by atoms with Crippen molar-refractivity contribution in [3.8, 4) is 0 Å². The maximum Gasteiger partial charge on any atom is 0.343 e. The zero-order valence-corrected chi connectivity index (χ0v) is 7.21. The van der Waals surface area contributed by atoms with Crippen LogP contribution in [0.4, 0.5) is 0 Å². The van der Waals surface area contributed by atoms with Crippen LogP contribution in [0.5, 0.6) is 0 Å². The van der Waals surface area contributed by atoms with Gasteiger partial charge in [0.15, 0.2) is 0 Å². The van der Waals surface area contributed by atoms with Gasteiger partial charge < -0.3 is 5.32 Å². The Bertz CT molecular complexity index is 264. The van der Waals surface area contributed by atoms with Crippen molar-refractivity contribution in [2.45, 2.75) is 19.9 Å². The van der Waals surface area contributed by atoms with Gasteiger partial charge in [0.2, 0.25) is 0 Å². The first kappa shape index (κ1) is 8.99. The Hall–Kier alpha value is -1.10. The van der Waals surface area contributed by atoms with Gasteiger partial charge in [-0.05, 0) is 19.5 Å². The molecule has 0 unspecified atom stereocenters. The van der Waals surface area contributed by atoms with Crippen molar-refractivity contribution >= 4 is 0 Å². The fourth-order valence-electron chi connectivity index (χ4n) is 0.981. The molecule has 0 saturated carbocycles. The van der Waals surface area contributed by atoms with Crippen LogP contribution in [0.15, 0.2) is 11.1 Å². The predicted octanol–water partition coefficient (Wildman–Crippen LogP) is -0.429. The molecular weight excluding hydrogens is 156 g/mol. The lowest BCUT2D eigenvalue weighted by atomic mass is 10.4. The Labute approximate surface area is 70.8 Å². The highest BCUT2D eigenvalue weighted by atomic mass is 16.1. The molecule has 1 rings (SSSR count). The van der Waals surface area contributed by atoms with Crippen molar-refractivity contribution in [1.82, 2.24) is 20.1 Å². The van der Waals surface area contributed by atoms with E-state index >= 15 is 0 Å². The number of nitrogens with one attached hydrogen (secondary N) is 2. The molecule has 0 spiro atoms. The summed E-state index contributed by atoms with van der Waals surface area (Å²) in [6.07, 6.45) is 2.47. The molecule has 1 aromatic rings. The molecular formula is C7H14N4O. The second-order valence-electron chi connectivity index (χ2n) is 2.56. The minimum atomic E-state index is -0.133. The van der Waals surface area contributed by atoms with E-state index in [0.29, 0.717) is 0 Å². The second kappa shape index (κ2) is 4.71. The third-order valence-electron chi connectivity index (χ3n) is 1.62. The highest BCUT2D eigenvalue weighted by Gasteiger charge is 1.94. The SMILES string of the molecule is CCNCCCn1cn[nH]c1=O. The van der Waals surface area contributed by atoms with E-state index in [9.17, 15) is 4.79 Å². The van der Waals surface area contributed by atoms with E-state index in [-0.39, 0.29) is 5.69 Å². The van der Waals surface area contributed by atoms with Gasteiger partial charge in [-0.2, -0.15) is 5.10 Å². The van der Waals surface area contributed by atoms with Crippen molar-refractivity contribution in [3.05, 3.63) is 16.8 Å². The zero-order chi connectivity index (χ0) is 8.81. The van der Waals surface area contributed by atoms with Crippen LogP contribution in [0.25, 0.3) is 0 Å². The first-order valence-electron chi connectivity index (χ1n) is 4.15. The van der Waals surface area contributed by atoms with E-state index in [1.807, 2.05) is 0 Å². The summed E-state index contributed by atoms with van der Waals surface area (Å²) in [5, 5.41) is 9.16. The third kappa shape index (κ3) is 2.50.